The third kappa shape index (κ3) is 6.33. The first-order chi connectivity index (χ1) is 20.2. The number of likely N-dealkylation sites (tertiary alicyclic amines) is 1. The van der Waals surface area contributed by atoms with Crippen molar-refractivity contribution in [3.63, 3.8) is 0 Å². The average Bonchev–Trinajstić information content (AvgIpc) is 3.56. The van der Waals surface area contributed by atoms with Gasteiger partial charge in [0, 0.05) is 37.5 Å². The van der Waals surface area contributed by atoms with Crippen LogP contribution >= 0.6 is 15.9 Å². The Bertz CT molecular complexity index is 1180. The van der Waals surface area contributed by atoms with E-state index in [2.05, 4.69) is 34.4 Å². The van der Waals surface area contributed by atoms with E-state index in [1.165, 1.54) is 4.90 Å². The van der Waals surface area contributed by atoms with Crippen molar-refractivity contribution in [2.45, 2.75) is 67.8 Å². The summed E-state index contributed by atoms with van der Waals surface area (Å²) in [6.07, 6.45) is 3.48. The van der Waals surface area contributed by atoms with Crippen LogP contribution in [-0.4, -0.2) is 93.5 Å². The second-order valence-corrected chi connectivity index (χ2v) is 12.3. The minimum atomic E-state index is -1.23. The van der Waals surface area contributed by atoms with Gasteiger partial charge in [-0.25, -0.2) is 0 Å². The Morgan fingerprint density at radius 1 is 1.29 bits per heavy atom. The molecule has 0 radical (unpaired) electrons. The highest BCUT2D eigenvalue weighted by molar-refractivity contribution is 9.09. The normalized spacial score (nSPS) is 28.2. The molecule has 3 heterocycles. The van der Waals surface area contributed by atoms with Gasteiger partial charge in [-0.2, -0.15) is 0 Å². The molecular weight excluding hydrogens is 606 g/mol. The zero-order valence-corrected chi connectivity index (χ0v) is 25.5. The van der Waals surface area contributed by atoms with Crippen molar-refractivity contribution in [1.29, 1.82) is 0 Å². The molecule has 4 rings (SSSR count). The lowest BCUT2D eigenvalue weighted by Crippen LogP contribution is -2.56. The molecule has 1 aromatic carbocycles. The number of hydrogen-bond acceptors (Lipinski definition) is 7. The Morgan fingerprint density at radius 2 is 2.02 bits per heavy atom. The zero-order valence-electron chi connectivity index (χ0n) is 24.0. The van der Waals surface area contributed by atoms with Gasteiger partial charge in [0.05, 0.1) is 24.5 Å². The molecule has 3 aliphatic rings. The number of carbonyl (C=O) groups is 4. The number of nitrogens with zero attached hydrogens (tertiary/aromatic N) is 2. The van der Waals surface area contributed by atoms with Crippen molar-refractivity contribution in [3.8, 4) is 0 Å². The highest BCUT2D eigenvalue weighted by atomic mass is 79.9. The van der Waals surface area contributed by atoms with E-state index >= 15 is 0 Å². The molecule has 228 valence electrons. The number of benzene rings is 1. The van der Waals surface area contributed by atoms with Gasteiger partial charge in [0.1, 0.15) is 17.7 Å². The number of hydrogen-bond donors (Lipinski definition) is 2. The van der Waals surface area contributed by atoms with Crippen LogP contribution in [0.5, 0.6) is 0 Å². The van der Waals surface area contributed by atoms with Crippen molar-refractivity contribution < 1.29 is 33.8 Å². The molecule has 11 heteroatoms. The maximum atomic E-state index is 14.3. The molecule has 2 N–H and O–H groups in total. The summed E-state index contributed by atoms with van der Waals surface area (Å²) in [5.74, 6) is -3.25. The van der Waals surface area contributed by atoms with Crippen LogP contribution in [0.15, 0.2) is 55.6 Å². The monoisotopic (exact) mass is 645 g/mol. The van der Waals surface area contributed by atoms with E-state index in [0.29, 0.717) is 25.8 Å². The number of halogens is 1. The van der Waals surface area contributed by atoms with Crippen molar-refractivity contribution in [1.82, 2.24) is 15.1 Å². The van der Waals surface area contributed by atoms with E-state index in [-0.39, 0.29) is 55.2 Å². The van der Waals surface area contributed by atoms with Gasteiger partial charge < -0.3 is 29.7 Å². The third-order valence-corrected chi connectivity index (χ3v) is 9.05. The second kappa shape index (κ2) is 14.0. The zero-order chi connectivity index (χ0) is 30.4. The Morgan fingerprint density at radius 3 is 2.69 bits per heavy atom. The molecular formula is C31H40BrN3O7. The fourth-order valence-electron chi connectivity index (χ4n) is 6.42. The van der Waals surface area contributed by atoms with Crippen molar-refractivity contribution in [3.05, 3.63) is 61.2 Å². The maximum absolute atomic E-state index is 14.3. The number of amides is 3. The average molecular weight is 647 g/mol. The minimum absolute atomic E-state index is 0.126. The fourth-order valence-corrected chi connectivity index (χ4v) is 7.37. The van der Waals surface area contributed by atoms with E-state index < -0.39 is 41.7 Å². The van der Waals surface area contributed by atoms with Gasteiger partial charge in [0.15, 0.2) is 0 Å². The summed E-state index contributed by atoms with van der Waals surface area (Å²) in [6, 6.07) is 8.57. The number of aliphatic hydroxyl groups is 1. The molecule has 0 saturated carbocycles. The van der Waals surface area contributed by atoms with Gasteiger partial charge in [-0.15, -0.1) is 13.2 Å². The topological polar surface area (TPSA) is 125 Å². The molecule has 1 unspecified atom stereocenters. The number of ether oxygens (including phenoxy) is 2. The number of alkyl halides is 1. The number of fused-ring (bicyclic) bond motifs is 1. The van der Waals surface area contributed by atoms with E-state index in [1.807, 2.05) is 30.3 Å². The molecule has 10 nitrogen and oxygen atoms in total. The van der Waals surface area contributed by atoms with Gasteiger partial charge >= 0.3 is 5.97 Å². The number of aliphatic hydroxyl groups excluding tert-OH is 1. The largest absolute Gasteiger partial charge is 0.460 e. The Labute approximate surface area is 255 Å². The fraction of sp³-hybridized carbons (Fsp3) is 0.548. The SMILES string of the molecule is C=CCCC(=O)NC[C@@H](C)OC(=O)[C@@H]1[C@H]2O[C@@]3(CC2Br)[C@H](C(=O)N(CC=C)Cc2ccccc2)N(CCCO)C(=O)[C@@H]13. The summed E-state index contributed by atoms with van der Waals surface area (Å²) in [4.78, 5) is 56.8. The van der Waals surface area contributed by atoms with Crippen LogP contribution in [0.2, 0.25) is 0 Å². The predicted molar refractivity (Wildman–Crippen MR) is 159 cm³/mol. The Hall–Kier alpha value is -3.02. The molecule has 1 spiro atoms. The summed E-state index contributed by atoms with van der Waals surface area (Å²) >= 11 is 3.66. The van der Waals surface area contributed by atoms with Gasteiger partial charge in [-0.3, -0.25) is 19.2 Å². The van der Waals surface area contributed by atoms with E-state index in [9.17, 15) is 24.3 Å². The van der Waals surface area contributed by atoms with Gasteiger partial charge in [0.25, 0.3) is 0 Å². The molecule has 42 heavy (non-hydrogen) atoms. The number of rotatable bonds is 15. The molecule has 3 fully saturated rings. The number of allylic oxidation sites excluding steroid dienone is 1. The van der Waals surface area contributed by atoms with E-state index in [1.54, 1.807) is 24.0 Å². The van der Waals surface area contributed by atoms with Gasteiger partial charge in [-0.1, -0.05) is 58.4 Å². The number of carbonyl (C=O) groups excluding carboxylic acids is 4. The molecule has 0 aliphatic carbocycles. The summed E-state index contributed by atoms with van der Waals surface area (Å²) in [6.45, 7) is 9.79. The van der Waals surface area contributed by atoms with Gasteiger partial charge in [-0.05, 0) is 31.7 Å². The van der Waals surface area contributed by atoms with Crippen molar-refractivity contribution in [2.24, 2.45) is 11.8 Å². The minimum Gasteiger partial charge on any atom is -0.460 e. The lowest BCUT2D eigenvalue weighted by atomic mass is 9.70. The van der Waals surface area contributed by atoms with Crippen LogP contribution in [0, 0.1) is 11.8 Å². The second-order valence-electron chi connectivity index (χ2n) is 11.1. The molecule has 3 amide bonds. The highest BCUT2D eigenvalue weighted by Crippen LogP contribution is 2.60. The summed E-state index contributed by atoms with van der Waals surface area (Å²) < 4.78 is 12.2. The van der Waals surface area contributed by atoms with Crippen molar-refractivity contribution >= 4 is 39.6 Å². The van der Waals surface area contributed by atoms with Crippen LogP contribution in [0.3, 0.4) is 0 Å². The number of nitrogens with one attached hydrogen (secondary N) is 1. The Kier molecular flexibility index (Phi) is 10.6. The molecule has 3 aliphatic heterocycles. The molecule has 3 saturated heterocycles. The number of esters is 1. The van der Waals surface area contributed by atoms with E-state index in [0.717, 1.165) is 5.56 Å². The van der Waals surface area contributed by atoms with Crippen LogP contribution in [-0.2, 0) is 35.2 Å². The first-order valence-corrected chi connectivity index (χ1v) is 15.3. The van der Waals surface area contributed by atoms with Crippen LogP contribution in [0.4, 0.5) is 0 Å². The lowest BCUT2D eigenvalue weighted by molar-refractivity contribution is -0.159. The van der Waals surface area contributed by atoms with Crippen LogP contribution < -0.4 is 5.32 Å². The standard InChI is InChI=1S/C31H40BrN3O7/c1-4-6-13-23(37)33-18-20(3)41-30(40)24-25-28(38)35(15-10-16-36)27(31(25)17-22(32)26(24)42-31)29(39)34(14-5-2)19-21-11-8-7-9-12-21/h4-5,7-9,11-12,20,22,24-27,36H,1-2,6,10,13-19H2,3H3,(H,33,37)/t20-,22?,24+,25-,26+,27+,31-/m1/s1. The lowest BCUT2D eigenvalue weighted by Gasteiger charge is -2.37. The highest BCUT2D eigenvalue weighted by Gasteiger charge is 2.77. The summed E-state index contributed by atoms with van der Waals surface area (Å²) in [5, 5.41) is 12.3. The summed E-state index contributed by atoms with van der Waals surface area (Å²) in [5.41, 5.74) is -0.306. The predicted octanol–water partition coefficient (Wildman–Crippen LogP) is 2.35. The smallest absolute Gasteiger partial charge is 0.312 e. The van der Waals surface area contributed by atoms with Crippen molar-refractivity contribution in [2.75, 3.05) is 26.2 Å². The molecule has 2 bridgehead atoms. The summed E-state index contributed by atoms with van der Waals surface area (Å²) in [7, 11) is 0. The molecule has 0 aromatic heterocycles. The van der Waals surface area contributed by atoms with Crippen LogP contribution in [0.1, 0.15) is 38.2 Å². The first-order valence-electron chi connectivity index (χ1n) is 14.4. The first kappa shape index (κ1) is 31.9. The quantitative estimate of drug-likeness (QED) is 0.170. The van der Waals surface area contributed by atoms with Gasteiger partial charge in [0.2, 0.25) is 17.7 Å². The Balaban J connectivity index is 1.59. The van der Waals surface area contributed by atoms with E-state index in [4.69, 9.17) is 9.47 Å². The molecule has 7 atom stereocenters. The third-order valence-electron chi connectivity index (χ3n) is 8.21. The van der Waals surface area contributed by atoms with Crippen LogP contribution in [0.25, 0.3) is 0 Å². The maximum Gasteiger partial charge on any atom is 0.312 e. The molecule has 1 aromatic rings.